The van der Waals surface area contributed by atoms with Crippen molar-refractivity contribution in [3.63, 3.8) is 0 Å². The first-order valence-electron chi connectivity index (χ1n) is 8.18. The predicted octanol–water partition coefficient (Wildman–Crippen LogP) is 5.00. The number of rotatable bonds is 8. The van der Waals surface area contributed by atoms with Gasteiger partial charge in [-0.05, 0) is 30.9 Å². The van der Waals surface area contributed by atoms with E-state index < -0.39 is 0 Å². The van der Waals surface area contributed by atoms with Crippen molar-refractivity contribution >= 4 is 0 Å². The number of halogens is 1. The third-order valence-electron chi connectivity index (χ3n) is 3.09. The maximum Gasteiger partial charge on any atom is 0.164 e. The van der Waals surface area contributed by atoms with Crippen LogP contribution in [-0.4, -0.2) is 13.2 Å². The lowest BCUT2D eigenvalue weighted by molar-refractivity contribution is 0.266. The van der Waals surface area contributed by atoms with Crippen molar-refractivity contribution in [2.45, 2.75) is 53.4 Å². The molecule has 0 amide bonds. The fourth-order valence-corrected chi connectivity index (χ4v) is 2.04. The van der Waals surface area contributed by atoms with Crippen LogP contribution in [0.15, 0.2) is 12.1 Å². The van der Waals surface area contributed by atoms with Crippen LogP contribution in [0.5, 0.6) is 11.5 Å². The van der Waals surface area contributed by atoms with Crippen LogP contribution in [0.4, 0.5) is 4.39 Å². The fourth-order valence-electron chi connectivity index (χ4n) is 2.04. The minimum atomic E-state index is -0.250. The molecule has 0 saturated heterocycles. The highest BCUT2D eigenvalue weighted by Crippen LogP contribution is 2.32. The Kier molecular flexibility index (Phi) is 8.43. The molecule has 0 radical (unpaired) electrons. The standard InChI is InChI=1S/C19H27FO2/c1-5-8-9-15(4)12-16-13-18(21-10-6-2)19(14-17(16)20)22-11-7-3/h13-15H,5-7,10-12H2,1-4H3. The summed E-state index contributed by atoms with van der Waals surface area (Å²) in [6.07, 6.45) is 3.18. The topological polar surface area (TPSA) is 18.5 Å². The van der Waals surface area contributed by atoms with E-state index in [9.17, 15) is 4.39 Å². The van der Waals surface area contributed by atoms with Gasteiger partial charge < -0.3 is 9.47 Å². The maximum absolute atomic E-state index is 14.3. The molecule has 0 saturated carbocycles. The summed E-state index contributed by atoms with van der Waals surface area (Å²) in [4.78, 5) is 0. The van der Waals surface area contributed by atoms with Crippen LogP contribution >= 0.6 is 0 Å². The van der Waals surface area contributed by atoms with Gasteiger partial charge >= 0.3 is 0 Å². The molecule has 0 fully saturated rings. The maximum atomic E-state index is 14.3. The van der Waals surface area contributed by atoms with Crippen LogP contribution in [0.2, 0.25) is 0 Å². The second-order valence-electron chi connectivity index (χ2n) is 5.37. The number of hydrogen-bond acceptors (Lipinski definition) is 2. The molecule has 3 heteroatoms. The van der Waals surface area contributed by atoms with Gasteiger partial charge in [0.05, 0.1) is 13.2 Å². The summed E-state index contributed by atoms with van der Waals surface area (Å²) in [5.41, 5.74) is 0.632. The SMILES string of the molecule is CCC#CC(C)Cc1cc(OCCC)c(OCCC)cc1F. The third kappa shape index (κ3) is 5.97. The Balaban J connectivity index is 2.97. The zero-order valence-electron chi connectivity index (χ0n) is 14.2. The van der Waals surface area contributed by atoms with E-state index in [4.69, 9.17) is 9.47 Å². The number of benzene rings is 1. The number of hydrogen-bond donors (Lipinski definition) is 0. The molecule has 0 aliphatic heterocycles. The lowest BCUT2D eigenvalue weighted by Gasteiger charge is -2.15. The van der Waals surface area contributed by atoms with Crippen LogP contribution in [0.3, 0.4) is 0 Å². The largest absolute Gasteiger partial charge is 0.490 e. The van der Waals surface area contributed by atoms with E-state index in [2.05, 4.69) is 11.8 Å². The molecule has 0 bridgehead atoms. The van der Waals surface area contributed by atoms with Gasteiger partial charge in [0.2, 0.25) is 0 Å². The minimum absolute atomic E-state index is 0.121. The Hall–Kier alpha value is -1.69. The zero-order valence-corrected chi connectivity index (χ0v) is 14.2. The molecule has 0 aliphatic carbocycles. The highest BCUT2D eigenvalue weighted by atomic mass is 19.1. The summed E-state index contributed by atoms with van der Waals surface area (Å²) in [5.74, 6) is 7.17. The Bertz CT molecular complexity index is 514. The van der Waals surface area contributed by atoms with Crippen molar-refractivity contribution < 1.29 is 13.9 Å². The molecule has 1 aromatic carbocycles. The molecule has 1 aromatic rings. The molecule has 0 spiro atoms. The second kappa shape index (κ2) is 10.1. The molecule has 0 aliphatic rings. The smallest absolute Gasteiger partial charge is 0.164 e. The van der Waals surface area contributed by atoms with Gasteiger partial charge in [-0.2, -0.15) is 0 Å². The summed E-state index contributed by atoms with van der Waals surface area (Å²) in [7, 11) is 0. The molecule has 1 rings (SSSR count). The molecule has 122 valence electrons. The summed E-state index contributed by atoms with van der Waals surface area (Å²) >= 11 is 0. The lowest BCUT2D eigenvalue weighted by Crippen LogP contribution is -2.05. The first-order valence-corrected chi connectivity index (χ1v) is 8.18. The van der Waals surface area contributed by atoms with Crippen molar-refractivity contribution in [1.82, 2.24) is 0 Å². The fraction of sp³-hybridized carbons (Fsp3) is 0.579. The quantitative estimate of drug-likeness (QED) is 0.630. The monoisotopic (exact) mass is 306 g/mol. The average Bonchev–Trinajstić information content (AvgIpc) is 2.51. The average molecular weight is 306 g/mol. The second-order valence-corrected chi connectivity index (χ2v) is 5.37. The Morgan fingerprint density at radius 3 is 2.18 bits per heavy atom. The highest BCUT2D eigenvalue weighted by molar-refractivity contribution is 5.44. The van der Waals surface area contributed by atoms with Crippen LogP contribution in [0.25, 0.3) is 0 Å². The summed E-state index contributed by atoms with van der Waals surface area (Å²) in [6.45, 7) is 9.23. The first kappa shape index (κ1) is 18.4. The molecule has 22 heavy (non-hydrogen) atoms. The zero-order chi connectivity index (χ0) is 16.4. The lowest BCUT2D eigenvalue weighted by atomic mass is 10.0. The number of ether oxygens (including phenoxy) is 2. The van der Waals surface area contributed by atoms with E-state index in [0.717, 1.165) is 19.3 Å². The van der Waals surface area contributed by atoms with Crippen molar-refractivity contribution in [3.05, 3.63) is 23.5 Å². The third-order valence-corrected chi connectivity index (χ3v) is 3.09. The van der Waals surface area contributed by atoms with Gasteiger partial charge in [0, 0.05) is 18.4 Å². The molecular weight excluding hydrogens is 279 g/mol. The van der Waals surface area contributed by atoms with E-state index in [1.165, 1.54) is 6.07 Å². The Labute approximate surface area is 134 Å². The Morgan fingerprint density at radius 1 is 1.05 bits per heavy atom. The minimum Gasteiger partial charge on any atom is -0.490 e. The van der Waals surface area contributed by atoms with Crippen molar-refractivity contribution in [1.29, 1.82) is 0 Å². The van der Waals surface area contributed by atoms with E-state index in [0.29, 0.717) is 36.7 Å². The summed E-state index contributed by atoms with van der Waals surface area (Å²) in [5, 5.41) is 0. The van der Waals surface area contributed by atoms with Crippen LogP contribution in [0, 0.1) is 23.6 Å². The Morgan fingerprint density at radius 2 is 1.64 bits per heavy atom. The predicted molar refractivity (Wildman–Crippen MR) is 88.9 cm³/mol. The molecule has 1 unspecified atom stereocenters. The molecule has 0 heterocycles. The van der Waals surface area contributed by atoms with Gasteiger partial charge in [0.15, 0.2) is 11.5 Å². The van der Waals surface area contributed by atoms with Gasteiger partial charge in [-0.1, -0.05) is 33.6 Å². The van der Waals surface area contributed by atoms with Gasteiger partial charge in [0.1, 0.15) is 5.82 Å². The molecule has 1 atom stereocenters. The van der Waals surface area contributed by atoms with Gasteiger partial charge in [0.25, 0.3) is 0 Å². The normalized spacial score (nSPS) is 11.5. The van der Waals surface area contributed by atoms with Gasteiger partial charge in [-0.15, -0.1) is 5.92 Å². The van der Waals surface area contributed by atoms with Crippen molar-refractivity contribution in [2.24, 2.45) is 5.92 Å². The van der Waals surface area contributed by atoms with Crippen LogP contribution < -0.4 is 9.47 Å². The van der Waals surface area contributed by atoms with Crippen LogP contribution in [0.1, 0.15) is 52.5 Å². The van der Waals surface area contributed by atoms with E-state index in [1.807, 2.05) is 27.7 Å². The van der Waals surface area contributed by atoms with Gasteiger partial charge in [-0.25, -0.2) is 4.39 Å². The van der Waals surface area contributed by atoms with Crippen molar-refractivity contribution in [2.75, 3.05) is 13.2 Å². The highest BCUT2D eigenvalue weighted by Gasteiger charge is 2.14. The summed E-state index contributed by atoms with van der Waals surface area (Å²) in [6, 6.07) is 3.20. The van der Waals surface area contributed by atoms with E-state index in [1.54, 1.807) is 6.07 Å². The van der Waals surface area contributed by atoms with E-state index in [-0.39, 0.29) is 11.7 Å². The van der Waals surface area contributed by atoms with Gasteiger partial charge in [-0.3, -0.25) is 0 Å². The summed E-state index contributed by atoms with van der Waals surface area (Å²) < 4.78 is 25.6. The first-order chi connectivity index (χ1) is 10.6. The van der Waals surface area contributed by atoms with E-state index >= 15 is 0 Å². The molecule has 2 nitrogen and oxygen atoms in total. The van der Waals surface area contributed by atoms with Crippen molar-refractivity contribution in [3.8, 4) is 23.3 Å². The molecule has 0 aromatic heterocycles. The van der Waals surface area contributed by atoms with Crippen LogP contribution in [-0.2, 0) is 6.42 Å². The molecule has 0 N–H and O–H groups in total. The molecular formula is C19H27FO2.